The van der Waals surface area contributed by atoms with Crippen molar-refractivity contribution < 1.29 is 26.0 Å². The topological polar surface area (TPSA) is 64.0 Å². The van der Waals surface area contributed by atoms with Crippen LogP contribution in [0.3, 0.4) is 0 Å². The van der Waals surface area contributed by atoms with E-state index in [4.69, 9.17) is 0 Å². The maximum Gasteiger partial charge on any atom is 0.501 e. The summed E-state index contributed by atoms with van der Waals surface area (Å²) >= 11 is 0. The highest BCUT2D eigenvalue weighted by molar-refractivity contribution is 7.92. The van der Waals surface area contributed by atoms with Crippen LogP contribution in [0.2, 0.25) is 0 Å². The van der Waals surface area contributed by atoms with E-state index in [0.29, 0.717) is 6.07 Å². The summed E-state index contributed by atoms with van der Waals surface area (Å²) in [5.41, 5.74) is -5.64. The van der Waals surface area contributed by atoms with Gasteiger partial charge in [-0.1, -0.05) is 0 Å². The number of sulfone groups is 1. The summed E-state index contributed by atoms with van der Waals surface area (Å²) < 4.78 is 75.3. The maximum absolute atomic E-state index is 13.1. The van der Waals surface area contributed by atoms with Crippen molar-refractivity contribution >= 4 is 21.2 Å². The number of alkyl halides is 3. The van der Waals surface area contributed by atoms with Gasteiger partial charge in [0.05, 0.1) is 17.6 Å². The van der Waals surface area contributed by atoms with Crippen LogP contribution >= 0.6 is 0 Å². The molecule has 0 fully saturated rings. The minimum atomic E-state index is -5.67. The van der Waals surface area contributed by atoms with Gasteiger partial charge in [0, 0.05) is 13.2 Å². The van der Waals surface area contributed by atoms with Crippen LogP contribution in [0, 0.1) is 5.82 Å². The van der Waals surface area contributed by atoms with Crippen LogP contribution < -0.4 is 5.32 Å². The highest BCUT2D eigenvalue weighted by Crippen LogP contribution is 2.35. The maximum atomic E-state index is 13.1. The first-order chi connectivity index (χ1) is 9.61. The van der Waals surface area contributed by atoms with E-state index < -0.39 is 26.1 Å². The van der Waals surface area contributed by atoms with E-state index >= 15 is 0 Å². The van der Waals surface area contributed by atoms with Crippen molar-refractivity contribution in [2.75, 3.05) is 5.32 Å². The molecule has 0 bridgehead atoms. The number of nitrogens with zero attached hydrogens (tertiary/aromatic N) is 2. The number of nitrogens with one attached hydrogen (secondary N) is 1. The average Bonchev–Trinajstić information content (AvgIpc) is 2.75. The molecular weight excluding hydrogens is 314 g/mol. The number of rotatable bonds is 3. The van der Waals surface area contributed by atoms with Crippen molar-refractivity contribution in [1.82, 2.24) is 9.78 Å². The monoisotopic (exact) mass is 323 g/mol. The highest BCUT2D eigenvalue weighted by Gasteiger charge is 2.48. The van der Waals surface area contributed by atoms with Crippen molar-refractivity contribution in [1.29, 1.82) is 0 Å². The van der Waals surface area contributed by atoms with Crippen LogP contribution in [-0.4, -0.2) is 23.7 Å². The molecule has 0 aliphatic rings. The van der Waals surface area contributed by atoms with Crippen LogP contribution in [-0.2, 0) is 16.9 Å². The fraction of sp³-hybridized carbons (Fsp3) is 0.182. The minimum absolute atomic E-state index is 0.266. The van der Waals surface area contributed by atoms with Gasteiger partial charge in [-0.05, 0) is 18.2 Å². The Hall–Kier alpha value is -2.10. The summed E-state index contributed by atoms with van der Waals surface area (Å²) in [6.45, 7) is 0. The Bertz CT molecular complexity index is 768. The molecule has 114 valence electrons. The van der Waals surface area contributed by atoms with Crippen molar-refractivity contribution in [2.24, 2.45) is 7.05 Å². The predicted octanol–water partition coefficient (Wildman–Crippen LogP) is 2.60. The van der Waals surface area contributed by atoms with Gasteiger partial charge in [0.1, 0.15) is 10.7 Å². The molecule has 0 radical (unpaired) electrons. The molecule has 1 heterocycles. The Morgan fingerprint density at radius 1 is 1.29 bits per heavy atom. The lowest BCUT2D eigenvalue weighted by Gasteiger charge is -2.13. The fourth-order valence-corrected chi connectivity index (χ4v) is 2.51. The third-order valence-electron chi connectivity index (χ3n) is 2.52. The van der Waals surface area contributed by atoms with Crippen molar-refractivity contribution in [2.45, 2.75) is 10.4 Å². The standard InChI is InChI=1S/C11H9F4N3O2S/c1-18-6-8(5-16-18)17-9-3-2-7(12)4-10(9)21(19,20)11(13,14)15/h2-6,17H,1H3. The number of halogens is 4. The molecule has 2 rings (SSSR count). The Morgan fingerprint density at radius 2 is 1.95 bits per heavy atom. The van der Waals surface area contributed by atoms with Crippen LogP contribution in [0.15, 0.2) is 35.5 Å². The van der Waals surface area contributed by atoms with Crippen LogP contribution in [0.4, 0.5) is 28.9 Å². The molecule has 21 heavy (non-hydrogen) atoms. The fourth-order valence-electron chi connectivity index (χ4n) is 1.59. The van der Waals surface area contributed by atoms with Gasteiger partial charge in [0.2, 0.25) is 0 Å². The lowest BCUT2D eigenvalue weighted by molar-refractivity contribution is -0.0435. The summed E-state index contributed by atoms with van der Waals surface area (Å²) in [5, 5.41) is 6.25. The van der Waals surface area contributed by atoms with Crippen molar-refractivity contribution in [3.8, 4) is 0 Å². The number of benzene rings is 1. The predicted molar refractivity (Wildman–Crippen MR) is 66.1 cm³/mol. The van der Waals surface area contributed by atoms with Crippen LogP contribution in [0.25, 0.3) is 0 Å². The van der Waals surface area contributed by atoms with E-state index in [-0.39, 0.29) is 11.4 Å². The third kappa shape index (κ3) is 2.99. The van der Waals surface area contributed by atoms with E-state index in [1.165, 1.54) is 17.1 Å². The third-order valence-corrected chi connectivity index (χ3v) is 4.05. The molecule has 0 unspecified atom stereocenters. The molecule has 1 aromatic heterocycles. The zero-order chi connectivity index (χ0) is 15.8. The Morgan fingerprint density at radius 3 is 2.48 bits per heavy atom. The summed E-state index contributed by atoms with van der Waals surface area (Å²) in [6, 6.07) is 2.09. The summed E-state index contributed by atoms with van der Waals surface area (Å²) in [7, 11) is -4.10. The number of aryl methyl sites for hydroxylation is 1. The number of anilines is 2. The first-order valence-electron chi connectivity index (χ1n) is 5.48. The SMILES string of the molecule is Cn1cc(Nc2ccc(F)cc2S(=O)(=O)C(F)(F)F)cn1. The normalized spacial score (nSPS) is 12.4. The van der Waals surface area contributed by atoms with Gasteiger partial charge in [0.15, 0.2) is 0 Å². The second-order valence-electron chi connectivity index (χ2n) is 4.12. The first-order valence-corrected chi connectivity index (χ1v) is 6.96. The molecule has 0 saturated heterocycles. The van der Waals surface area contributed by atoms with Crippen LogP contribution in [0.1, 0.15) is 0 Å². The molecule has 0 amide bonds. The van der Waals surface area contributed by atoms with Gasteiger partial charge in [-0.15, -0.1) is 0 Å². The summed E-state index contributed by atoms with van der Waals surface area (Å²) in [6.07, 6.45) is 2.71. The molecule has 2 aromatic rings. The molecule has 0 saturated carbocycles. The van der Waals surface area contributed by atoms with Gasteiger partial charge in [0.25, 0.3) is 9.84 Å². The summed E-state index contributed by atoms with van der Waals surface area (Å²) in [5.74, 6) is -1.09. The molecule has 1 N–H and O–H groups in total. The Balaban J connectivity index is 2.53. The van der Waals surface area contributed by atoms with Crippen molar-refractivity contribution in [3.05, 3.63) is 36.4 Å². The molecule has 1 aromatic carbocycles. The zero-order valence-corrected chi connectivity index (χ0v) is 11.3. The van der Waals surface area contributed by atoms with E-state index in [1.807, 2.05) is 0 Å². The zero-order valence-electron chi connectivity index (χ0n) is 10.5. The molecule has 0 spiro atoms. The van der Waals surface area contributed by atoms with Gasteiger partial charge >= 0.3 is 5.51 Å². The van der Waals surface area contributed by atoms with Gasteiger partial charge < -0.3 is 5.32 Å². The smallest absolute Gasteiger partial charge is 0.352 e. The van der Waals surface area contributed by atoms with Crippen LogP contribution in [0.5, 0.6) is 0 Å². The van der Waals surface area contributed by atoms with Gasteiger partial charge in [-0.2, -0.15) is 18.3 Å². The quantitative estimate of drug-likeness (QED) is 0.882. The molecule has 0 atom stereocenters. The van der Waals surface area contributed by atoms with Gasteiger partial charge in [-0.25, -0.2) is 12.8 Å². The van der Waals surface area contributed by atoms with E-state index in [0.717, 1.165) is 12.1 Å². The summed E-state index contributed by atoms with van der Waals surface area (Å²) in [4.78, 5) is -1.18. The molecular formula is C11H9F4N3O2S. The molecule has 0 aliphatic carbocycles. The largest absolute Gasteiger partial charge is 0.501 e. The lowest BCUT2D eigenvalue weighted by atomic mass is 10.3. The Labute approximate surface area is 117 Å². The highest BCUT2D eigenvalue weighted by atomic mass is 32.2. The minimum Gasteiger partial charge on any atom is -0.352 e. The molecule has 5 nitrogen and oxygen atoms in total. The first kappa shape index (κ1) is 15.3. The lowest BCUT2D eigenvalue weighted by Crippen LogP contribution is -2.24. The van der Waals surface area contributed by atoms with E-state index in [9.17, 15) is 26.0 Å². The second kappa shape index (κ2) is 5.02. The van der Waals surface area contributed by atoms with Gasteiger partial charge in [-0.3, -0.25) is 4.68 Å². The van der Waals surface area contributed by atoms with E-state index in [2.05, 4.69) is 10.4 Å². The molecule has 10 heteroatoms. The number of hydrogen-bond donors (Lipinski definition) is 1. The molecule has 0 aliphatic heterocycles. The average molecular weight is 323 g/mol. The second-order valence-corrected chi connectivity index (χ2v) is 6.03. The van der Waals surface area contributed by atoms with Crippen molar-refractivity contribution in [3.63, 3.8) is 0 Å². The number of aromatic nitrogens is 2. The number of hydrogen-bond acceptors (Lipinski definition) is 4. The Kier molecular flexibility index (Phi) is 3.66. The van der Waals surface area contributed by atoms with E-state index in [1.54, 1.807) is 7.05 Å².